The van der Waals surface area contributed by atoms with E-state index in [4.69, 9.17) is 5.11 Å². The van der Waals surface area contributed by atoms with Gasteiger partial charge in [0.2, 0.25) is 0 Å². The number of likely N-dealkylation sites (tertiary alicyclic amines) is 1. The van der Waals surface area contributed by atoms with Crippen LogP contribution in [0.15, 0.2) is 18.6 Å². The summed E-state index contributed by atoms with van der Waals surface area (Å²) in [5.41, 5.74) is 0.907. The number of rotatable bonds is 4. The summed E-state index contributed by atoms with van der Waals surface area (Å²) in [6.45, 7) is 3.37. The topological polar surface area (TPSA) is 68.3 Å². The zero-order chi connectivity index (χ0) is 15.1. The minimum Gasteiger partial charge on any atom is -0.395 e. The van der Waals surface area contributed by atoms with Gasteiger partial charge in [0.05, 0.1) is 12.0 Å². The van der Waals surface area contributed by atoms with Gasteiger partial charge in [0, 0.05) is 38.9 Å². The Morgan fingerprint density at radius 2 is 2.09 bits per heavy atom. The molecule has 6 nitrogen and oxygen atoms in total. The second-order valence-corrected chi connectivity index (χ2v) is 6.68. The van der Waals surface area contributed by atoms with E-state index in [0.29, 0.717) is 6.04 Å². The molecule has 6 heteroatoms. The van der Waals surface area contributed by atoms with Crippen LogP contribution in [0.2, 0.25) is 0 Å². The van der Waals surface area contributed by atoms with E-state index >= 15 is 0 Å². The Bertz CT molecular complexity index is 643. The van der Waals surface area contributed by atoms with Gasteiger partial charge in [-0.25, -0.2) is 9.97 Å². The van der Waals surface area contributed by atoms with E-state index in [-0.39, 0.29) is 6.61 Å². The second kappa shape index (κ2) is 5.52. The molecular weight excluding hydrogens is 278 g/mol. The molecule has 0 aromatic carbocycles. The Morgan fingerprint density at radius 3 is 2.82 bits per heavy atom. The van der Waals surface area contributed by atoms with Crippen molar-refractivity contribution in [3.63, 3.8) is 0 Å². The Labute approximate surface area is 130 Å². The van der Waals surface area contributed by atoms with Crippen LogP contribution in [0.25, 0.3) is 11.0 Å². The molecule has 0 radical (unpaired) electrons. The van der Waals surface area contributed by atoms with Crippen molar-refractivity contribution in [1.29, 1.82) is 0 Å². The molecule has 2 fully saturated rings. The Hall–Kier alpha value is -1.66. The van der Waals surface area contributed by atoms with E-state index in [1.165, 1.54) is 12.8 Å². The third-order valence-corrected chi connectivity index (χ3v) is 5.43. The first-order valence-corrected chi connectivity index (χ1v) is 8.10. The molecule has 3 heterocycles. The van der Waals surface area contributed by atoms with Crippen LogP contribution in [-0.2, 0) is 0 Å². The molecule has 0 amide bonds. The number of nitrogens with zero attached hydrogens (tertiary/aromatic N) is 4. The van der Waals surface area contributed by atoms with Crippen molar-refractivity contribution in [2.75, 3.05) is 38.2 Å². The summed E-state index contributed by atoms with van der Waals surface area (Å²) in [7, 11) is 2.16. The van der Waals surface area contributed by atoms with Crippen molar-refractivity contribution in [3.05, 3.63) is 18.6 Å². The van der Waals surface area contributed by atoms with Gasteiger partial charge in [-0.2, -0.15) is 0 Å². The third-order valence-electron chi connectivity index (χ3n) is 5.43. The highest BCUT2D eigenvalue weighted by molar-refractivity contribution is 5.87. The summed E-state index contributed by atoms with van der Waals surface area (Å²) in [4.78, 5) is 16.7. The van der Waals surface area contributed by atoms with E-state index in [0.717, 1.165) is 48.3 Å². The summed E-state index contributed by atoms with van der Waals surface area (Å²) < 4.78 is 0. The number of aromatic nitrogens is 3. The van der Waals surface area contributed by atoms with Gasteiger partial charge in [-0.15, -0.1) is 0 Å². The molecule has 2 N–H and O–H groups in total. The van der Waals surface area contributed by atoms with Gasteiger partial charge in [0.1, 0.15) is 17.8 Å². The standard InChI is InChI=1S/C16H23N5O/c1-20(16-14-2-3-17-15(14)18-10-19-16)13-6-11-8-21(4-5-22)9-12(11)7-13/h2-3,10-13,22H,4-9H2,1H3,(H,17,18,19)/t11-,12+,13+. The summed E-state index contributed by atoms with van der Waals surface area (Å²) in [6, 6.07) is 2.61. The maximum atomic E-state index is 9.09. The highest BCUT2D eigenvalue weighted by atomic mass is 16.3. The fraction of sp³-hybridized carbons (Fsp3) is 0.625. The van der Waals surface area contributed by atoms with Crippen molar-refractivity contribution >= 4 is 16.9 Å². The number of anilines is 1. The zero-order valence-corrected chi connectivity index (χ0v) is 12.9. The normalized spacial score (nSPS) is 28.4. The number of H-pyrrole nitrogens is 1. The van der Waals surface area contributed by atoms with Gasteiger partial charge in [0.25, 0.3) is 0 Å². The van der Waals surface area contributed by atoms with Crippen molar-refractivity contribution in [1.82, 2.24) is 19.9 Å². The smallest absolute Gasteiger partial charge is 0.142 e. The average molecular weight is 301 g/mol. The number of hydrogen-bond donors (Lipinski definition) is 2. The summed E-state index contributed by atoms with van der Waals surface area (Å²) in [6.07, 6.45) is 6.01. The molecule has 1 aliphatic heterocycles. The molecule has 2 aromatic rings. The molecule has 118 valence electrons. The fourth-order valence-electron chi connectivity index (χ4n) is 4.32. The molecule has 0 spiro atoms. The van der Waals surface area contributed by atoms with E-state index in [1.807, 2.05) is 6.20 Å². The first kappa shape index (κ1) is 14.0. The number of fused-ring (bicyclic) bond motifs is 2. The average Bonchev–Trinajstić information content (AvgIpc) is 3.19. The fourth-order valence-corrected chi connectivity index (χ4v) is 4.32. The second-order valence-electron chi connectivity index (χ2n) is 6.68. The van der Waals surface area contributed by atoms with Crippen LogP contribution in [0, 0.1) is 11.8 Å². The molecule has 3 atom stereocenters. The number of aliphatic hydroxyl groups excluding tert-OH is 1. The lowest BCUT2D eigenvalue weighted by Crippen LogP contribution is -2.33. The van der Waals surface area contributed by atoms with Gasteiger partial charge < -0.3 is 19.9 Å². The maximum absolute atomic E-state index is 9.09. The SMILES string of the molecule is CN(c1ncnc2[nH]ccc12)[C@H]1C[C@@H]2CN(CCO)C[C@@H]2C1. The number of aliphatic hydroxyl groups is 1. The highest BCUT2D eigenvalue weighted by Gasteiger charge is 2.42. The van der Waals surface area contributed by atoms with Crippen LogP contribution in [0.1, 0.15) is 12.8 Å². The van der Waals surface area contributed by atoms with E-state index < -0.39 is 0 Å². The molecule has 1 aliphatic carbocycles. The largest absolute Gasteiger partial charge is 0.395 e. The Balaban J connectivity index is 1.49. The van der Waals surface area contributed by atoms with Gasteiger partial charge in [0.15, 0.2) is 0 Å². The lowest BCUT2D eigenvalue weighted by Gasteiger charge is -2.27. The molecule has 2 aliphatic rings. The molecule has 2 aromatic heterocycles. The Kier molecular flexibility index (Phi) is 3.50. The van der Waals surface area contributed by atoms with Gasteiger partial charge in [-0.1, -0.05) is 0 Å². The van der Waals surface area contributed by atoms with Crippen LogP contribution < -0.4 is 4.90 Å². The van der Waals surface area contributed by atoms with E-state index in [9.17, 15) is 0 Å². The molecular formula is C16H23N5O. The van der Waals surface area contributed by atoms with Crippen LogP contribution in [-0.4, -0.2) is 64.3 Å². The molecule has 1 saturated heterocycles. The molecule has 4 rings (SSSR count). The predicted molar refractivity (Wildman–Crippen MR) is 85.8 cm³/mol. The van der Waals surface area contributed by atoms with Crippen LogP contribution in [0.3, 0.4) is 0 Å². The minimum absolute atomic E-state index is 0.273. The first-order valence-electron chi connectivity index (χ1n) is 8.10. The van der Waals surface area contributed by atoms with E-state index in [2.05, 4.69) is 37.9 Å². The molecule has 1 saturated carbocycles. The molecule has 22 heavy (non-hydrogen) atoms. The van der Waals surface area contributed by atoms with Gasteiger partial charge in [-0.3, -0.25) is 0 Å². The van der Waals surface area contributed by atoms with Gasteiger partial charge in [-0.05, 0) is 30.7 Å². The predicted octanol–water partition coefficient (Wildman–Crippen LogP) is 1.10. The summed E-state index contributed by atoms with van der Waals surface area (Å²) in [5.74, 6) is 2.56. The quantitative estimate of drug-likeness (QED) is 0.885. The number of aromatic amines is 1. The summed E-state index contributed by atoms with van der Waals surface area (Å²) in [5, 5.41) is 10.2. The van der Waals surface area contributed by atoms with Gasteiger partial charge >= 0.3 is 0 Å². The van der Waals surface area contributed by atoms with Crippen LogP contribution in [0.4, 0.5) is 5.82 Å². The zero-order valence-electron chi connectivity index (χ0n) is 12.9. The lowest BCUT2D eigenvalue weighted by atomic mass is 10.0. The number of β-amino-alcohol motifs (C(OH)–C–C–N with tert-alkyl or cyclic N) is 1. The third kappa shape index (κ3) is 2.27. The Morgan fingerprint density at radius 1 is 1.32 bits per heavy atom. The van der Waals surface area contributed by atoms with Crippen LogP contribution in [0.5, 0.6) is 0 Å². The number of hydrogen-bond acceptors (Lipinski definition) is 5. The summed E-state index contributed by atoms with van der Waals surface area (Å²) >= 11 is 0. The van der Waals surface area contributed by atoms with E-state index in [1.54, 1.807) is 6.33 Å². The number of nitrogens with one attached hydrogen (secondary N) is 1. The lowest BCUT2D eigenvalue weighted by molar-refractivity contribution is 0.211. The monoisotopic (exact) mass is 301 g/mol. The van der Waals surface area contributed by atoms with Crippen molar-refractivity contribution in [2.45, 2.75) is 18.9 Å². The van der Waals surface area contributed by atoms with Crippen molar-refractivity contribution in [3.8, 4) is 0 Å². The highest BCUT2D eigenvalue weighted by Crippen LogP contribution is 2.41. The molecule has 0 bridgehead atoms. The van der Waals surface area contributed by atoms with Crippen LogP contribution >= 0.6 is 0 Å². The van der Waals surface area contributed by atoms with Crippen molar-refractivity contribution in [2.24, 2.45) is 11.8 Å². The maximum Gasteiger partial charge on any atom is 0.142 e. The van der Waals surface area contributed by atoms with Crippen molar-refractivity contribution < 1.29 is 5.11 Å². The minimum atomic E-state index is 0.273. The molecule has 0 unspecified atom stereocenters. The first-order chi connectivity index (χ1) is 10.8.